The molecule has 0 N–H and O–H groups in total. The Kier molecular flexibility index (Phi) is 4.22. The van der Waals surface area contributed by atoms with Crippen LogP contribution in [0.5, 0.6) is 0 Å². The highest BCUT2D eigenvalue weighted by atomic mass is 35.5. The maximum Gasteiger partial charge on any atom is 0.291 e. The summed E-state index contributed by atoms with van der Waals surface area (Å²) in [7, 11) is 0. The van der Waals surface area contributed by atoms with Gasteiger partial charge in [-0.1, -0.05) is 12.8 Å². The average molecular weight is 204 g/mol. The molecule has 0 aromatic rings. The smallest absolute Gasteiger partial charge is 0.291 e. The van der Waals surface area contributed by atoms with E-state index >= 15 is 0 Å². The minimum absolute atomic E-state index is 0.199. The van der Waals surface area contributed by atoms with E-state index in [1.165, 1.54) is 0 Å². The minimum Gasteiger partial charge on any atom is -0.336 e. The zero-order chi connectivity index (χ0) is 9.68. The second-order valence-corrected chi connectivity index (χ2v) is 3.53. The van der Waals surface area contributed by atoms with Gasteiger partial charge in [0.1, 0.15) is 0 Å². The van der Waals surface area contributed by atoms with Crippen LogP contribution in [0.4, 0.5) is 0 Å². The molecule has 0 aliphatic carbocycles. The number of nitrogens with zero attached hydrogens (tertiary/aromatic N) is 1. The summed E-state index contributed by atoms with van der Waals surface area (Å²) in [5.74, 6) is -1.09. The molecular formula is C9H14ClNO2. The van der Waals surface area contributed by atoms with Gasteiger partial charge in [0.15, 0.2) is 0 Å². The third-order valence-corrected chi connectivity index (χ3v) is 2.50. The third-order valence-electron chi connectivity index (χ3n) is 2.25. The van der Waals surface area contributed by atoms with Crippen LogP contribution in [0.25, 0.3) is 0 Å². The van der Waals surface area contributed by atoms with Crippen LogP contribution in [-0.4, -0.2) is 35.6 Å². The summed E-state index contributed by atoms with van der Waals surface area (Å²) in [5.41, 5.74) is 0. The molecule has 0 aromatic heterocycles. The molecule has 13 heavy (non-hydrogen) atoms. The maximum atomic E-state index is 11.4. The lowest BCUT2D eigenvalue weighted by atomic mass is 10.2. The molecule has 0 spiro atoms. The molecular weight excluding hydrogens is 190 g/mol. The van der Waals surface area contributed by atoms with Gasteiger partial charge in [-0.3, -0.25) is 9.59 Å². The summed E-state index contributed by atoms with van der Waals surface area (Å²) < 4.78 is 0. The Labute approximate surface area is 83.0 Å². The highest BCUT2D eigenvalue weighted by Crippen LogP contribution is 2.09. The molecule has 1 fully saturated rings. The Morgan fingerprint density at radius 1 is 1.08 bits per heavy atom. The van der Waals surface area contributed by atoms with Gasteiger partial charge in [-0.25, -0.2) is 0 Å². The van der Waals surface area contributed by atoms with Crippen molar-refractivity contribution in [3.05, 3.63) is 0 Å². The van der Waals surface area contributed by atoms with E-state index in [-0.39, 0.29) is 5.88 Å². The van der Waals surface area contributed by atoms with Crippen molar-refractivity contribution in [1.29, 1.82) is 0 Å². The standard InChI is InChI=1S/C9H14ClNO2/c10-7-8(12)9(13)11-5-3-1-2-4-6-11/h1-7H2. The molecule has 1 aliphatic heterocycles. The summed E-state index contributed by atoms with van der Waals surface area (Å²) in [5, 5.41) is 0. The number of halogens is 1. The van der Waals surface area contributed by atoms with E-state index in [0.29, 0.717) is 13.1 Å². The van der Waals surface area contributed by atoms with E-state index in [2.05, 4.69) is 0 Å². The first-order valence-electron chi connectivity index (χ1n) is 4.64. The molecule has 0 saturated carbocycles. The Morgan fingerprint density at radius 2 is 1.62 bits per heavy atom. The van der Waals surface area contributed by atoms with Gasteiger partial charge in [0.25, 0.3) is 5.91 Å². The second-order valence-electron chi connectivity index (χ2n) is 3.26. The first-order valence-corrected chi connectivity index (χ1v) is 5.17. The van der Waals surface area contributed by atoms with Crippen molar-refractivity contribution in [2.45, 2.75) is 25.7 Å². The van der Waals surface area contributed by atoms with Crippen LogP contribution in [-0.2, 0) is 9.59 Å². The molecule has 1 aliphatic rings. The number of Topliss-reactive ketones (excluding diaryl/α,β-unsaturated/α-hetero) is 1. The molecule has 1 heterocycles. The predicted molar refractivity (Wildman–Crippen MR) is 50.8 cm³/mol. The number of hydrogen-bond acceptors (Lipinski definition) is 2. The molecule has 4 heteroatoms. The number of carbonyl (C=O) groups is 2. The Hall–Kier alpha value is -0.570. The summed E-state index contributed by atoms with van der Waals surface area (Å²) in [6.45, 7) is 1.42. The van der Waals surface area contributed by atoms with E-state index in [9.17, 15) is 9.59 Å². The van der Waals surface area contributed by atoms with Crippen LogP contribution < -0.4 is 0 Å². The van der Waals surface area contributed by atoms with Crippen LogP contribution in [0.15, 0.2) is 0 Å². The number of alkyl halides is 1. The maximum absolute atomic E-state index is 11.4. The molecule has 0 radical (unpaired) electrons. The first kappa shape index (κ1) is 10.5. The van der Waals surface area contributed by atoms with Crippen molar-refractivity contribution in [3.8, 4) is 0 Å². The van der Waals surface area contributed by atoms with Crippen molar-refractivity contribution in [2.75, 3.05) is 19.0 Å². The van der Waals surface area contributed by atoms with E-state index < -0.39 is 11.7 Å². The van der Waals surface area contributed by atoms with E-state index in [1.54, 1.807) is 4.90 Å². The van der Waals surface area contributed by atoms with Crippen LogP contribution in [0.1, 0.15) is 25.7 Å². The van der Waals surface area contributed by atoms with Crippen molar-refractivity contribution >= 4 is 23.3 Å². The fourth-order valence-corrected chi connectivity index (χ4v) is 1.62. The Bertz CT molecular complexity index is 198. The monoisotopic (exact) mass is 203 g/mol. The van der Waals surface area contributed by atoms with Crippen molar-refractivity contribution < 1.29 is 9.59 Å². The fourth-order valence-electron chi connectivity index (χ4n) is 1.51. The molecule has 74 valence electrons. The van der Waals surface area contributed by atoms with Crippen molar-refractivity contribution in [3.63, 3.8) is 0 Å². The van der Waals surface area contributed by atoms with Gasteiger partial charge >= 0.3 is 0 Å². The molecule has 3 nitrogen and oxygen atoms in total. The number of carbonyl (C=O) groups excluding carboxylic acids is 2. The predicted octanol–water partition coefficient (Wildman–Crippen LogP) is 1.20. The number of ketones is 1. The highest BCUT2D eigenvalue weighted by Gasteiger charge is 2.21. The quantitative estimate of drug-likeness (QED) is 0.500. The minimum atomic E-state index is -0.483. The van der Waals surface area contributed by atoms with Crippen LogP contribution >= 0.6 is 11.6 Å². The molecule has 1 amide bonds. The molecule has 1 saturated heterocycles. The van der Waals surface area contributed by atoms with Crippen LogP contribution in [0, 0.1) is 0 Å². The zero-order valence-corrected chi connectivity index (χ0v) is 8.35. The van der Waals surface area contributed by atoms with E-state index in [0.717, 1.165) is 25.7 Å². The Morgan fingerprint density at radius 3 is 2.08 bits per heavy atom. The average Bonchev–Trinajstić information content (AvgIpc) is 2.43. The SMILES string of the molecule is O=C(CCl)C(=O)N1CCCCCC1. The van der Waals surface area contributed by atoms with Crippen molar-refractivity contribution in [1.82, 2.24) is 4.90 Å². The topological polar surface area (TPSA) is 37.4 Å². The van der Waals surface area contributed by atoms with E-state index in [4.69, 9.17) is 11.6 Å². The summed E-state index contributed by atoms with van der Waals surface area (Å²) in [6, 6.07) is 0. The van der Waals surface area contributed by atoms with Gasteiger partial charge in [-0.15, -0.1) is 11.6 Å². The number of likely N-dealkylation sites (tertiary alicyclic amines) is 1. The number of hydrogen-bond donors (Lipinski definition) is 0. The van der Waals surface area contributed by atoms with Gasteiger partial charge in [0.05, 0.1) is 5.88 Å². The van der Waals surface area contributed by atoms with Crippen molar-refractivity contribution in [2.24, 2.45) is 0 Å². The molecule has 0 unspecified atom stereocenters. The van der Waals surface area contributed by atoms with Gasteiger partial charge in [0, 0.05) is 13.1 Å². The number of rotatable bonds is 2. The largest absolute Gasteiger partial charge is 0.336 e. The van der Waals surface area contributed by atoms with Gasteiger partial charge in [-0.2, -0.15) is 0 Å². The first-order chi connectivity index (χ1) is 6.25. The fraction of sp³-hybridized carbons (Fsp3) is 0.778. The molecule has 0 bridgehead atoms. The summed E-state index contributed by atoms with van der Waals surface area (Å²) in [4.78, 5) is 24.0. The lowest BCUT2D eigenvalue weighted by molar-refractivity contribution is -0.143. The zero-order valence-electron chi connectivity index (χ0n) is 7.59. The van der Waals surface area contributed by atoms with Gasteiger partial charge in [-0.05, 0) is 12.8 Å². The normalized spacial score (nSPS) is 18.1. The second kappa shape index (κ2) is 5.22. The molecule has 0 atom stereocenters. The molecule has 1 rings (SSSR count). The summed E-state index contributed by atoms with van der Waals surface area (Å²) >= 11 is 5.31. The van der Waals surface area contributed by atoms with E-state index in [1.807, 2.05) is 0 Å². The third kappa shape index (κ3) is 2.99. The Balaban J connectivity index is 2.48. The van der Waals surface area contributed by atoms with Crippen LogP contribution in [0.2, 0.25) is 0 Å². The lowest BCUT2D eigenvalue weighted by Crippen LogP contribution is -2.37. The lowest BCUT2D eigenvalue weighted by Gasteiger charge is -2.18. The van der Waals surface area contributed by atoms with Crippen LogP contribution in [0.3, 0.4) is 0 Å². The van der Waals surface area contributed by atoms with Gasteiger partial charge in [0.2, 0.25) is 5.78 Å². The summed E-state index contributed by atoms with van der Waals surface area (Å²) in [6.07, 6.45) is 4.31. The van der Waals surface area contributed by atoms with Gasteiger partial charge < -0.3 is 4.90 Å². The molecule has 0 aromatic carbocycles. The number of amides is 1. The highest BCUT2D eigenvalue weighted by molar-refractivity contribution is 6.46.